The van der Waals surface area contributed by atoms with Gasteiger partial charge in [0.2, 0.25) is 0 Å². The molecular formula is C9H7F3INO2. The Balaban J connectivity index is 3.39. The van der Waals surface area contributed by atoms with Crippen molar-refractivity contribution in [2.75, 3.05) is 5.32 Å². The van der Waals surface area contributed by atoms with Crippen LogP contribution >= 0.6 is 22.6 Å². The highest BCUT2D eigenvalue weighted by atomic mass is 127. The zero-order valence-electron chi connectivity index (χ0n) is 8.02. The van der Waals surface area contributed by atoms with E-state index in [0.29, 0.717) is 6.07 Å². The molecule has 0 saturated heterocycles. The van der Waals surface area contributed by atoms with Crippen molar-refractivity contribution >= 4 is 34.2 Å². The number of alkyl halides is 1. The maximum absolute atomic E-state index is 13.5. The summed E-state index contributed by atoms with van der Waals surface area (Å²) in [5.74, 6) is -5.79. The molecule has 0 saturated carbocycles. The number of carboxylic acids is 1. The predicted molar refractivity (Wildman–Crippen MR) is 60.4 cm³/mol. The standard InChI is InChI=1S/C9H7F3INO2/c1-3(13)14-8-6(11)4(9(15)16)2-5(10)7(8)12/h2-3,14H,1H3,(H,15,16). The van der Waals surface area contributed by atoms with E-state index >= 15 is 0 Å². The van der Waals surface area contributed by atoms with Crippen molar-refractivity contribution in [3.8, 4) is 0 Å². The maximum Gasteiger partial charge on any atom is 0.338 e. The van der Waals surface area contributed by atoms with Gasteiger partial charge in [0.25, 0.3) is 0 Å². The normalized spacial score (nSPS) is 12.3. The smallest absolute Gasteiger partial charge is 0.338 e. The summed E-state index contributed by atoms with van der Waals surface area (Å²) < 4.78 is 39.3. The van der Waals surface area contributed by atoms with Crippen LogP contribution in [0, 0.1) is 17.5 Å². The number of carbonyl (C=O) groups is 1. The molecule has 0 aromatic heterocycles. The number of benzene rings is 1. The zero-order valence-corrected chi connectivity index (χ0v) is 10.2. The molecular weight excluding hydrogens is 338 g/mol. The molecule has 88 valence electrons. The van der Waals surface area contributed by atoms with Crippen molar-refractivity contribution in [2.24, 2.45) is 0 Å². The summed E-state index contributed by atoms with van der Waals surface area (Å²) >= 11 is 1.81. The van der Waals surface area contributed by atoms with Gasteiger partial charge in [0.1, 0.15) is 11.3 Å². The van der Waals surface area contributed by atoms with Gasteiger partial charge in [-0.25, -0.2) is 18.0 Å². The Kier molecular flexibility index (Phi) is 4.00. The molecule has 0 amide bonds. The van der Waals surface area contributed by atoms with Gasteiger partial charge in [0, 0.05) is 0 Å². The Hall–Kier alpha value is -0.990. The highest BCUT2D eigenvalue weighted by molar-refractivity contribution is 14.1. The predicted octanol–water partition coefficient (Wildman–Crippen LogP) is 3.00. The Morgan fingerprint density at radius 1 is 1.44 bits per heavy atom. The van der Waals surface area contributed by atoms with Crippen LogP contribution in [-0.4, -0.2) is 15.1 Å². The van der Waals surface area contributed by atoms with Gasteiger partial charge in [-0.2, -0.15) is 0 Å². The number of hydrogen-bond donors (Lipinski definition) is 2. The summed E-state index contributed by atoms with van der Waals surface area (Å²) in [6.07, 6.45) is 0. The van der Waals surface area contributed by atoms with E-state index in [2.05, 4.69) is 5.32 Å². The second kappa shape index (κ2) is 4.89. The fourth-order valence-corrected chi connectivity index (χ4v) is 1.40. The lowest BCUT2D eigenvalue weighted by Gasteiger charge is -2.12. The average Bonchev–Trinajstić information content (AvgIpc) is 2.17. The minimum atomic E-state index is -1.65. The van der Waals surface area contributed by atoms with Crippen molar-refractivity contribution in [1.29, 1.82) is 0 Å². The van der Waals surface area contributed by atoms with Crippen molar-refractivity contribution in [2.45, 2.75) is 11.0 Å². The summed E-state index contributed by atoms with van der Waals surface area (Å²) in [5, 5.41) is 10.9. The van der Waals surface area contributed by atoms with Gasteiger partial charge in [-0.1, -0.05) is 22.6 Å². The largest absolute Gasteiger partial charge is 0.478 e. The number of nitrogens with one attached hydrogen (secondary N) is 1. The Morgan fingerprint density at radius 2 is 2.00 bits per heavy atom. The van der Waals surface area contributed by atoms with Gasteiger partial charge in [0.05, 0.1) is 4.05 Å². The van der Waals surface area contributed by atoms with Crippen LogP contribution < -0.4 is 5.32 Å². The molecule has 0 bridgehead atoms. The van der Waals surface area contributed by atoms with Crippen LogP contribution in [0.15, 0.2) is 6.07 Å². The Bertz CT molecular complexity index is 437. The lowest BCUT2D eigenvalue weighted by Crippen LogP contribution is -2.14. The third kappa shape index (κ3) is 2.57. The quantitative estimate of drug-likeness (QED) is 0.383. The topological polar surface area (TPSA) is 49.3 Å². The van der Waals surface area contributed by atoms with Gasteiger partial charge in [-0.15, -0.1) is 0 Å². The van der Waals surface area contributed by atoms with Crippen molar-refractivity contribution in [3.63, 3.8) is 0 Å². The van der Waals surface area contributed by atoms with Gasteiger partial charge in [0.15, 0.2) is 17.5 Å². The minimum Gasteiger partial charge on any atom is -0.478 e. The second-order valence-electron chi connectivity index (χ2n) is 2.97. The highest BCUT2D eigenvalue weighted by Crippen LogP contribution is 2.26. The molecule has 1 atom stereocenters. The van der Waals surface area contributed by atoms with Crippen molar-refractivity contribution < 1.29 is 23.1 Å². The van der Waals surface area contributed by atoms with Crippen LogP contribution in [0.3, 0.4) is 0 Å². The van der Waals surface area contributed by atoms with Gasteiger partial charge in [-0.3, -0.25) is 0 Å². The lowest BCUT2D eigenvalue weighted by molar-refractivity contribution is 0.0691. The van der Waals surface area contributed by atoms with Gasteiger partial charge in [-0.05, 0) is 13.0 Å². The SMILES string of the molecule is CC(I)Nc1c(F)c(F)cc(C(=O)O)c1F. The van der Waals surface area contributed by atoms with Crippen LogP contribution in [0.5, 0.6) is 0 Å². The first-order valence-corrected chi connectivity index (χ1v) is 5.40. The lowest BCUT2D eigenvalue weighted by atomic mass is 10.1. The first kappa shape index (κ1) is 13.1. The Morgan fingerprint density at radius 3 is 2.44 bits per heavy atom. The fraction of sp³-hybridized carbons (Fsp3) is 0.222. The maximum atomic E-state index is 13.5. The summed E-state index contributed by atoms with van der Waals surface area (Å²) in [5.41, 5.74) is -1.67. The van der Waals surface area contributed by atoms with E-state index in [-0.39, 0.29) is 4.05 Å². The van der Waals surface area contributed by atoms with E-state index in [4.69, 9.17) is 5.11 Å². The molecule has 3 nitrogen and oxygen atoms in total. The number of rotatable bonds is 3. The molecule has 2 N–H and O–H groups in total. The van der Waals surface area contributed by atoms with Gasteiger partial charge >= 0.3 is 5.97 Å². The molecule has 1 rings (SSSR count). The number of hydrogen-bond acceptors (Lipinski definition) is 2. The molecule has 0 aliphatic heterocycles. The zero-order chi connectivity index (χ0) is 12.5. The molecule has 0 fully saturated rings. The molecule has 1 unspecified atom stereocenters. The van der Waals surface area contributed by atoms with Crippen LogP contribution in [0.2, 0.25) is 0 Å². The molecule has 16 heavy (non-hydrogen) atoms. The van der Waals surface area contributed by atoms with Crippen LogP contribution in [0.25, 0.3) is 0 Å². The minimum absolute atomic E-state index is 0.316. The van der Waals surface area contributed by atoms with Crippen molar-refractivity contribution in [1.82, 2.24) is 0 Å². The van der Waals surface area contributed by atoms with E-state index in [0.717, 1.165) is 0 Å². The molecule has 0 radical (unpaired) electrons. The fourth-order valence-electron chi connectivity index (χ4n) is 1.09. The molecule has 0 aliphatic rings. The summed E-state index contributed by atoms with van der Waals surface area (Å²) in [7, 11) is 0. The second-order valence-corrected chi connectivity index (χ2v) is 4.84. The number of anilines is 1. The molecule has 0 spiro atoms. The van der Waals surface area contributed by atoms with E-state index in [1.165, 1.54) is 0 Å². The average molecular weight is 345 g/mol. The number of carboxylic acid groups (broad SMARTS) is 1. The van der Waals surface area contributed by atoms with E-state index in [9.17, 15) is 18.0 Å². The van der Waals surface area contributed by atoms with Crippen LogP contribution in [0.1, 0.15) is 17.3 Å². The van der Waals surface area contributed by atoms with Crippen molar-refractivity contribution in [3.05, 3.63) is 29.1 Å². The van der Waals surface area contributed by atoms with E-state index < -0.39 is 34.7 Å². The molecule has 1 aromatic rings. The van der Waals surface area contributed by atoms with E-state index in [1.54, 1.807) is 29.5 Å². The van der Waals surface area contributed by atoms with Crippen LogP contribution in [-0.2, 0) is 0 Å². The number of halogens is 4. The molecule has 0 heterocycles. The van der Waals surface area contributed by atoms with Crippen LogP contribution in [0.4, 0.5) is 18.9 Å². The third-order valence-corrected chi connectivity index (χ3v) is 2.04. The first-order chi connectivity index (χ1) is 7.34. The Labute approximate surface area is 103 Å². The first-order valence-electron chi connectivity index (χ1n) is 4.16. The summed E-state index contributed by atoms with van der Waals surface area (Å²) in [6.45, 7) is 1.57. The third-order valence-electron chi connectivity index (χ3n) is 1.73. The molecule has 7 heteroatoms. The molecule has 1 aromatic carbocycles. The van der Waals surface area contributed by atoms with Gasteiger partial charge < -0.3 is 10.4 Å². The summed E-state index contributed by atoms with van der Waals surface area (Å²) in [6, 6.07) is 0.316. The molecule has 0 aliphatic carbocycles. The van der Waals surface area contributed by atoms with E-state index in [1.807, 2.05) is 0 Å². The highest BCUT2D eigenvalue weighted by Gasteiger charge is 2.22. The monoisotopic (exact) mass is 345 g/mol. The summed E-state index contributed by atoms with van der Waals surface area (Å²) in [4.78, 5) is 10.6. The number of aromatic carboxylic acids is 1.